The highest BCUT2D eigenvalue weighted by atomic mass is 31.2. The highest BCUT2D eigenvalue weighted by Gasteiger charge is 2.30. The fraction of sp³-hybridized carbons (Fsp3) is 0.678. The van der Waals surface area contributed by atoms with E-state index in [-0.39, 0.29) is 25.7 Å². The number of esters is 4. The SMILES string of the molecule is CC/C=C\C/C=C\C/C=C\C/C=C\C/C=C\CCCCCC(=O)OCC(COP(=O)(O)OCC(O)COP(=O)(O)OCC(COC(=O)CCCCCCCC/C=C\C/C=C\C/C=C\CCCCC)OC(=O)CCCCCCC/C=C\C/C=C\C/C=C\CC)OC(=O)CCCCCCC/C=C\CCCCCC. The summed E-state index contributed by atoms with van der Waals surface area (Å²) in [6.07, 6.45) is 89.6. The van der Waals surface area contributed by atoms with Crippen LogP contribution in [0.5, 0.6) is 0 Å². The van der Waals surface area contributed by atoms with Crippen molar-refractivity contribution in [3.63, 3.8) is 0 Å². The van der Waals surface area contributed by atoms with E-state index in [4.69, 9.17) is 37.0 Å². The molecule has 0 amide bonds. The lowest BCUT2D eigenvalue weighted by Crippen LogP contribution is -2.30. The topological polar surface area (TPSA) is 237 Å². The second kappa shape index (κ2) is 78.1. The molecule has 5 unspecified atom stereocenters. The van der Waals surface area contributed by atoms with Crippen LogP contribution in [0.25, 0.3) is 0 Å². The minimum atomic E-state index is -4.99. The Kier molecular flexibility index (Phi) is 74.3. The van der Waals surface area contributed by atoms with E-state index in [1.54, 1.807) is 0 Å². The Balaban J connectivity index is 5.41. The van der Waals surface area contributed by atoms with Crippen molar-refractivity contribution >= 4 is 39.5 Å². The summed E-state index contributed by atoms with van der Waals surface area (Å²) < 4.78 is 68.6. The zero-order valence-corrected chi connectivity index (χ0v) is 68.1. The summed E-state index contributed by atoms with van der Waals surface area (Å²) in [4.78, 5) is 73.1. The third kappa shape index (κ3) is 77.1. The third-order valence-electron chi connectivity index (χ3n) is 16.8. The Bertz CT molecular complexity index is 2580. The molecule has 0 fully saturated rings. The summed E-state index contributed by atoms with van der Waals surface area (Å²) in [6.45, 7) is 4.54. The van der Waals surface area contributed by atoms with Gasteiger partial charge in [-0.05, 0) is 167 Å². The van der Waals surface area contributed by atoms with E-state index < -0.39 is 97.5 Å². The first-order chi connectivity index (χ1) is 51.7. The van der Waals surface area contributed by atoms with Crippen LogP contribution >= 0.6 is 15.6 Å². The smallest absolute Gasteiger partial charge is 0.462 e. The molecule has 0 aliphatic heterocycles. The van der Waals surface area contributed by atoms with Crippen LogP contribution in [0.15, 0.2) is 146 Å². The molecule has 0 bridgehead atoms. The Morgan fingerprint density at radius 1 is 0.274 bits per heavy atom. The van der Waals surface area contributed by atoms with E-state index in [9.17, 15) is 43.2 Å². The summed E-state index contributed by atoms with van der Waals surface area (Å²) in [5.41, 5.74) is 0. The molecular formula is C87H146O17P2. The molecule has 0 rings (SSSR count). The first kappa shape index (κ1) is 101. The van der Waals surface area contributed by atoms with E-state index in [1.807, 2.05) is 0 Å². The Morgan fingerprint density at radius 2 is 0.491 bits per heavy atom. The number of ether oxygens (including phenoxy) is 4. The van der Waals surface area contributed by atoms with Crippen LogP contribution in [0.3, 0.4) is 0 Å². The van der Waals surface area contributed by atoms with Crippen molar-refractivity contribution < 1.29 is 80.2 Å². The highest BCUT2D eigenvalue weighted by molar-refractivity contribution is 7.47. The van der Waals surface area contributed by atoms with E-state index in [0.29, 0.717) is 25.7 Å². The number of phosphoric acid groups is 2. The second-order valence-electron chi connectivity index (χ2n) is 26.9. The zero-order valence-electron chi connectivity index (χ0n) is 66.3. The van der Waals surface area contributed by atoms with Gasteiger partial charge in [0.1, 0.15) is 19.3 Å². The molecular weight excluding hydrogens is 1380 g/mol. The molecule has 606 valence electrons. The number of carbonyl (C=O) groups excluding carboxylic acids is 4. The Morgan fingerprint density at radius 3 is 0.792 bits per heavy atom. The molecule has 3 N–H and O–H groups in total. The lowest BCUT2D eigenvalue weighted by atomic mass is 10.1. The number of carbonyl (C=O) groups is 4. The summed E-state index contributed by atoms with van der Waals surface area (Å²) >= 11 is 0. The van der Waals surface area contributed by atoms with Crippen LogP contribution in [0.1, 0.15) is 323 Å². The molecule has 19 heteroatoms. The Labute approximate surface area is 643 Å². The molecule has 0 aromatic carbocycles. The van der Waals surface area contributed by atoms with Gasteiger partial charge in [0.15, 0.2) is 12.2 Å². The summed E-state index contributed by atoms with van der Waals surface area (Å²) in [5, 5.41) is 10.7. The van der Waals surface area contributed by atoms with Gasteiger partial charge in [0.2, 0.25) is 0 Å². The van der Waals surface area contributed by atoms with Gasteiger partial charge in [0.05, 0.1) is 26.4 Å². The van der Waals surface area contributed by atoms with Crippen LogP contribution in [-0.2, 0) is 65.4 Å². The fourth-order valence-corrected chi connectivity index (χ4v) is 12.1. The van der Waals surface area contributed by atoms with Crippen molar-refractivity contribution in [2.24, 2.45) is 0 Å². The lowest BCUT2D eigenvalue weighted by molar-refractivity contribution is -0.161. The van der Waals surface area contributed by atoms with Crippen LogP contribution < -0.4 is 0 Å². The maximum Gasteiger partial charge on any atom is 0.472 e. The van der Waals surface area contributed by atoms with Gasteiger partial charge in [0.25, 0.3) is 0 Å². The summed E-state index contributed by atoms with van der Waals surface area (Å²) in [5.74, 6) is -2.25. The molecule has 0 heterocycles. The molecule has 0 radical (unpaired) electrons. The largest absolute Gasteiger partial charge is 0.472 e. The van der Waals surface area contributed by atoms with Gasteiger partial charge in [-0.15, -0.1) is 0 Å². The summed E-state index contributed by atoms with van der Waals surface area (Å²) in [6, 6.07) is 0. The standard InChI is InChI=1S/C87H146O17P2/c1-5-9-13-17-21-25-29-33-36-38-40-42-45-48-51-55-59-63-67-71-84(89)97-77-82(103-86(91)73-69-65-61-57-53-47-32-28-24-20-16-12-8-4)79-101-105(93,94)99-75-81(88)76-100-106(95,96)102-80-83(104-87(92)74-70-66-62-58-54-50-44-35-31-27-23-19-15-11-7-3)78-98-85(90)72-68-64-60-56-52-49-46-43-41-39-37-34-30-26-22-18-14-10-6-2/h9,11,13,15,21-23,25-28,32-37,40-44,48,51,81-83,88H,5-8,10,12,14,16-20,24,29-31,38-39,45-47,49-50,52-80H2,1-4H3,(H,93,94)(H,95,96)/b13-9-,15-11-,25-21-,26-22-,27-23-,32-28-,36-33-,37-34-,42-40-,43-41-,44-35-,51-48-. The highest BCUT2D eigenvalue weighted by Crippen LogP contribution is 2.45. The minimum Gasteiger partial charge on any atom is -0.462 e. The number of aliphatic hydroxyl groups is 1. The first-order valence-electron chi connectivity index (χ1n) is 41.1. The molecule has 0 aromatic rings. The van der Waals surface area contributed by atoms with Gasteiger partial charge < -0.3 is 33.8 Å². The van der Waals surface area contributed by atoms with Crippen LogP contribution in [0.2, 0.25) is 0 Å². The van der Waals surface area contributed by atoms with Crippen molar-refractivity contribution in [3.05, 3.63) is 146 Å². The monoisotopic (exact) mass is 1530 g/mol. The van der Waals surface area contributed by atoms with Crippen molar-refractivity contribution in [2.45, 2.75) is 341 Å². The predicted molar refractivity (Wildman–Crippen MR) is 436 cm³/mol. The average molecular weight is 1530 g/mol. The maximum atomic E-state index is 13.1. The van der Waals surface area contributed by atoms with Crippen molar-refractivity contribution in [1.29, 1.82) is 0 Å². The third-order valence-corrected chi connectivity index (χ3v) is 18.7. The number of allylic oxidation sites excluding steroid dienone is 24. The molecule has 0 aromatic heterocycles. The lowest BCUT2D eigenvalue weighted by Gasteiger charge is -2.21. The van der Waals surface area contributed by atoms with Gasteiger partial charge in [-0.3, -0.25) is 37.3 Å². The number of aliphatic hydroxyl groups excluding tert-OH is 1. The van der Waals surface area contributed by atoms with E-state index in [0.717, 1.165) is 199 Å². The molecule has 0 saturated heterocycles. The van der Waals surface area contributed by atoms with Crippen molar-refractivity contribution in [1.82, 2.24) is 0 Å². The normalized spacial score (nSPS) is 14.6. The number of phosphoric ester groups is 2. The number of hydrogen-bond donors (Lipinski definition) is 3. The first-order valence-corrected chi connectivity index (χ1v) is 44.1. The van der Waals surface area contributed by atoms with E-state index in [1.165, 1.54) is 44.9 Å². The maximum absolute atomic E-state index is 13.1. The number of hydrogen-bond acceptors (Lipinski definition) is 15. The van der Waals surface area contributed by atoms with Crippen molar-refractivity contribution in [3.8, 4) is 0 Å². The molecule has 0 aliphatic carbocycles. The van der Waals surface area contributed by atoms with Crippen LogP contribution in [-0.4, -0.2) is 96.7 Å². The molecule has 5 atom stereocenters. The van der Waals surface area contributed by atoms with Gasteiger partial charge in [-0.1, -0.05) is 276 Å². The predicted octanol–water partition coefficient (Wildman–Crippen LogP) is 24.2. The number of unbranched alkanes of at least 4 members (excludes halogenated alkanes) is 26. The molecule has 0 saturated carbocycles. The quantitative estimate of drug-likeness (QED) is 0.0169. The fourth-order valence-electron chi connectivity index (χ4n) is 10.6. The van der Waals surface area contributed by atoms with Gasteiger partial charge in [-0.25, -0.2) is 9.13 Å². The molecule has 0 aliphatic rings. The van der Waals surface area contributed by atoms with E-state index >= 15 is 0 Å². The van der Waals surface area contributed by atoms with E-state index in [2.05, 4.69) is 174 Å². The molecule has 106 heavy (non-hydrogen) atoms. The van der Waals surface area contributed by atoms with Crippen molar-refractivity contribution in [2.75, 3.05) is 39.6 Å². The second-order valence-corrected chi connectivity index (χ2v) is 29.8. The number of rotatable bonds is 76. The summed E-state index contributed by atoms with van der Waals surface area (Å²) in [7, 11) is -9.99. The minimum absolute atomic E-state index is 0.0682. The molecule has 0 spiro atoms. The van der Waals surface area contributed by atoms with Gasteiger partial charge in [0, 0.05) is 25.7 Å². The molecule has 17 nitrogen and oxygen atoms in total. The Hall–Kier alpha value is -5.06. The zero-order chi connectivity index (χ0) is 77.4. The van der Waals surface area contributed by atoms with Crippen LogP contribution in [0, 0.1) is 0 Å². The van der Waals surface area contributed by atoms with Crippen LogP contribution in [0.4, 0.5) is 0 Å². The van der Waals surface area contributed by atoms with Gasteiger partial charge in [-0.2, -0.15) is 0 Å². The van der Waals surface area contributed by atoms with Gasteiger partial charge >= 0.3 is 39.5 Å². The average Bonchev–Trinajstić information content (AvgIpc) is 0.901.